The van der Waals surface area contributed by atoms with Crippen LogP contribution in [0.4, 0.5) is 5.69 Å². The summed E-state index contributed by atoms with van der Waals surface area (Å²) in [5.41, 5.74) is 4.57. The molecule has 4 fully saturated rings. The molecular weight excluding hydrogens is 554 g/mol. The number of hydrogen-bond acceptors (Lipinski definition) is 7. The van der Waals surface area contributed by atoms with Crippen molar-refractivity contribution in [2.45, 2.75) is 73.1 Å². The highest BCUT2D eigenvalue weighted by Gasteiger charge is 2.53. The lowest BCUT2D eigenvalue weighted by molar-refractivity contribution is 0.0335. The minimum atomic E-state index is -3.11. The van der Waals surface area contributed by atoms with Crippen LogP contribution in [-0.4, -0.2) is 89.5 Å². The molecule has 0 spiro atoms. The molecule has 43 heavy (non-hydrogen) atoms. The zero-order chi connectivity index (χ0) is 29.6. The number of nitrogens with zero attached hydrogens (tertiary/aromatic N) is 3. The van der Waals surface area contributed by atoms with Gasteiger partial charge < -0.3 is 25.3 Å². The number of anilines is 1. The van der Waals surface area contributed by atoms with Crippen molar-refractivity contribution < 1.29 is 8.42 Å². The predicted octanol–water partition coefficient (Wildman–Crippen LogP) is 4.09. The Morgan fingerprint density at radius 3 is 2.40 bits per heavy atom. The normalized spacial score (nSPS) is 29.5. The van der Waals surface area contributed by atoms with Crippen LogP contribution in [0.3, 0.4) is 0 Å². The van der Waals surface area contributed by atoms with E-state index in [0.29, 0.717) is 28.7 Å². The molecule has 0 amide bonds. The average molecular weight is 606 g/mol. The van der Waals surface area contributed by atoms with E-state index in [1.807, 2.05) is 31.3 Å². The molecule has 0 aromatic heterocycles. The van der Waals surface area contributed by atoms with Gasteiger partial charge in [0.05, 0.1) is 10.1 Å². The van der Waals surface area contributed by atoms with Gasteiger partial charge >= 0.3 is 0 Å². The summed E-state index contributed by atoms with van der Waals surface area (Å²) in [4.78, 5) is 8.25. The monoisotopic (exact) mass is 605 g/mol. The van der Waals surface area contributed by atoms with E-state index in [4.69, 9.17) is 0 Å². The first-order chi connectivity index (χ1) is 20.9. The lowest BCUT2D eigenvalue weighted by Crippen LogP contribution is -2.59. The van der Waals surface area contributed by atoms with Crippen LogP contribution >= 0.6 is 0 Å². The third kappa shape index (κ3) is 5.67. The first kappa shape index (κ1) is 29.7. The summed E-state index contributed by atoms with van der Waals surface area (Å²) < 4.78 is 25.1. The summed E-state index contributed by atoms with van der Waals surface area (Å²) >= 11 is 0. The molecule has 0 radical (unpaired) electrons. The smallest absolute Gasteiger partial charge is 0.181 e. The second-order valence-electron chi connectivity index (χ2n) is 14.3. The van der Waals surface area contributed by atoms with Crippen molar-refractivity contribution in [1.82, 2.24) is 20.4 Å². The number of nitrogens with one attached hydrogen (secondary N) is 2. The Kier molecular flexibility index (Phi) is 8.36. The highest BCUT2D eigenvalue weighted by molar-refractivity contribution is 7.92. The average Bonchev–Trinajstić information content (AvgIpc) is 3.76. The molecule has 8 heteroatoms. The molecule has 0 bridgehead atoms. The van der Waals surface area contributed by atoms with Gasteiger partial charge in [0, 0.05) is 62.5 Å². The molecule has 2 saturated heterocycles. The number of rotatable bonds is 10. The van der Waals surface area contributed by atoms with Crippen LogP contribution in [0.25, 0.3) is 0 Å². The van der Waals surface area contributed by atoms with E-state index in [0.717, 1.165) is 44.8 Å². The van der Waals surface area contributed by atoms with Gasteiger partial charge in [-0.1, -0.05) is 30.7 Å². The van der Waals surface area contributed by atoms with Crippen LogP contribution in [0, 0.1) is 17.8 Å². The minimum Gasteiger partial charge on any atom is -0.371 e. The Morgan fingerprint density at radius 2 is 1.67 bits per heavy atom. The number of sulfone groups is 1. The Labute approximate surface area is 259 Å². The van der Waals surface area contributed by atoms with Gasteiger partial charge in [-0.2, -0.15) is 0 Å². The fourth-order valence-corrected chi connectivity index (χ4v) is 11.0. The fraction of sp³-hybridized carbons (Fsp3) is 0.657. The van der Waals surface area contributed by atoms with Crippen LogP contribution in [0.2, 0.25) is 0 Å². The summed E-state index contributed by atoms with van der Waals surface area (Å²) in [6.07, 6.45) is 8.14. The number of piperidine rings is 1. The molecule has 3 atom stereocenters. The van der Waals surface area contributed by atoms with Crippen molar-refractivity contribution in [2.24, 2.45) is 17.8 Å². The van der Waals surface area contributed by atoms with E-state index in [9.17, 15) is 8.42 Å². The van der Waals surface area contributed by atoms with Crippen molar-refractivity contribution in [3.63, 3.8) is 0 Å². The molecule has 2 saturated carbocycles. The summed E-state index contributed by atoms with van der Waals surface area (Å²) in [5.74, 6) is 2.07. The lowest BCUT2D eigenvalue weighted by Gasteiger charge is -2.55. The Hall–Kier alpha value is -1.97. The number of likely N-dealkylation sites (N-methyl/N-ethyl adjacent to an activating group) is 1. The van der Waals surface area contributed by atoms with Gasteiger partial charge in [0.15, 0.2) is 9.84 Å². The van der Waals surface area contributed by atoms with E-state index in [2.05, 4.69) is 56.6 Å². The largest absolute Gasteiger partial charge is 0.371 e. The maximum absolute atomic E-state index is 12.6. The van der Waals surface area contributed by atoms with Crippen LogP contribution in [0.15, 0.2) is 53.4 Å². The standard InChI is InChI=1S/C35H51N5O2S/c1-36-25-37-34-9-5-8-33(34)35(24-38(2)23-27-6-3-4-7-32(27)35)28-16-18-39(19-17-28)20-26-21-40(22-26)29-10-12-30(13-11-29)43(41,42)31-14-15-31/h3-4,6-7,10-13,26,28,31,33-34,36-37H,5,8-9,14-25H2,1-2H3/t33-,34-,35?/m0/s1. The highest BCUT2D eigenvalue weighted by atomic mass is 32.2. The topological polar surface area (TPSA) is 67.9 Å². The van der Waals surface area contributed by atoms with E-state index in [1.165, 1.54) is 58.3 Å². The van der Waals surface area contributed by atoms with Gasteiger partial charge in [0.2, 0.25) is 0 Å². The number of likely N-dealkylation sites (tertiary alicyclic amines) is 1. The number of hydrogen-bond donors (Lipinski definition) is 2. The molecule has 2 aromatic carbocycles. The van der Waals surface area contributed by atoms with E-state index in [-0.39, 0.29) is 10.7 Å². The molecule has 1 unspecified atom stereocenters. The van der Waals surface area contributed by atoms with Gasteiger partial charge in [-0.3, -0.25) is 0 Å². The maximum atomic E-state index is 12.6. The molecule has 3 heterocycles. The number of benzene rings is 2. The van der Waals surface area contributed by atoms with Gasteiger partial charge in [0.25, 0.3) is 0 Å². The molecule has 7 nitrogen and oxygen atoms in total. The van der Waals surface area contributed by atoms with Gasteiger partial charge in [-0.15, -0.1) is 0 Å². The van der Waals surface area contributed by atoms with Crippen molar-refractivity contribution >= 4 is 15.5 Å². The predicted molar refractivity (Wildman–Crippen MR) is 174 cm³/mol. The molecule has 2 aromatic rings. The molecule has 2 N–H and O–H groups in total. The van der Waals surface area contributed by atoms with Crippen LogP contribution in [-0.2, 0) is 21.8 Å². The third-order valence-corrected chi connectivity index (χ3v) is 13.8. The summed E-state index contributed by atoms with van der Waals surface area (Å²) in [5, 5.41) is 7.10. The Morgan fingerprint density at radius 1 is 0.930 bits per heavy atom. The summed E-state index contributed by atoms with van der Waals surface area (Å²) in [6, 6.07) is 17.6. The fourth-order valence-electron chi connectivity index (χ4n) is 9.32. The van der Waals surface area contributed by atoms with Crippen molar-refractivity contribution in [3.8, 4) is 0 Å². The Bertz CT molecular complexity index is 1360. The molecule has 234 valence electrons. The van der Waals surface area contributed by atoms with Crippen LogP contribution < -0.4 is 15.5 Å². The van der Waals surface area contributed by atoms with Crippen molar-refractivity contribution in [2.75, 3.05) is 64.9 Å². The second kappa shape index (κ2) is 12.1. The number of fused-ring (bicyclic) bond motifs is 1. The quantitative estimate of drug-likeness (QED) is 0.396. The summed E-state index contributed by atoms with van der Waals surface area (Å²) in [6.45, 7) is 8.83. The van der Waals surface area contributed by atoms with Crippen LogP contribution in [0.5, 0.6) is 0 Å². The van der Waals surface area contributed by atoms with E-state index < -0.39 is 9.84 Å². The molecule has 7 rings (SSSR count). The lowest BCUT2D eigenvalue weighted by atomic mass is 9.56. The molecule has 2 aliphatic carbocycles. The van der Waals surface area contributed by atoms with Gasteiger partial charge in [0.1, 0.15) is 0 Å². The molecular formula is C35H51N5O2S. The third-order valence-electron chi connectivity index (χ3n) is 11.5. The zero-order valence-corrected chi connectivity index (χ0v) is 27.0. The SMILES string of the molecule is CNCN[C@H]1CCC[C@@H]1C1(C2CCN(CC3CN(c4ccc(S(=O)(=O)C5CC5)cc4)C3)CC2)CN(C)Cc2ccccc21. The van der Waals surface area contributed by atoms with E-state index >= 15 is 0 Å². The first-order valence-electron chi connectivity index (χ1n) is 16.8. The van der Waals surface area contributed by atoms with Gasteiger partial charge in [-0.05, 0) is 113 Å². The maximum Gasteiger partial charge on any atom is 0.181 e. The van der Waals surface area contributed by atoms with Gasteiger partial charge in [-0.25, -0.2) is 8.42 Å². The molecule has 5 aliphatic rings. The first-order valence-corrected chi connectivity index (χ1v) is 18.4. The van der Waals surface area contributed by atoms with Crippen molar-refractivity contribution in [1.29, 1.82) is 0 Å². The van der Waals surface area contributed by atoms with Crippen LogP contribution in [0.1, 0.15) is 56.1 Å². The van der Waals surface area contributed by atoms with Crippen molar-refractivity contribution in [3.05, 3.63) is 59.7 Å². The second-order valence-corrected chi connectivity index (χ2v) is 16.6. The summed E-state index contributed by atoms with van der Waals surface area (Å²) in [7, 11) is 1.28. The highest BCUT2D eigenvalue weighted by Crippen LogP contribution is 2.53. The minimum absolute atomic E-state index is 0.144. The molecule has 3 aliphatic heterocycles. The van der Waals surface area contributed by atoms with E-state index in [1.54, 1.807) is 11.1 Å². The Balaban J connectivity index is 0.999. The zero-order valence-electron chi connectivity index (χ0n) is 26.2.